The molecule has 0 spiro atoms. The number of halogens is 2. The van der Waals surface area contributed by atoms with Crippen molar-refractivity contribution in [3.05, 3.63) is 47.1 Å². The van der Waals surface area contributed by atoms with E-state index in [1.165, 1.54) is 12.1 Å². The SMILES string of the molecule is Cc1nc(CN2CCC[C@@H](N[C@@H](C)c3cc(F)ccc3F)C2)no1. The molecule has 24 heavy (non-hydrogen) atoms. The quantitative estimate of drug-likeness (QED) is 0.910. The minimum Gasteiger partial charge on any atom is -0.340 e. The van der Waals surface area contributed by atoms with E-state index in [1.54, 1.807) is 6.92 Å². The number of benzene rings is 1. The van der Waals surface area contributed by atoms with Crippen molar-refractivity contribution < 1.29 is 13.3 Å². The Morgan fingerprint density at radius 3 is 3.00 bits per heavy atom. The Kier molecular flexibility index (Phi) is 5.20. The number of aromatic nitrogens is 2. The van der Waals surface area contributed by atoms with E-state index in [-0.39, 0.29) is 17.9 Å². The molecule has 1 aliphatic heterocycles. The number of piperidine rings is 1. The predicted molar refractivity (Wildman–Crippen MR) is 85.2 cm³/mol. The van der Waals surface area contributed by atoms with Gasteiger partial charge in [-0.1, -0.05) is 5.16 Å². The van der Waals surface area contributed by atoms with Crippen LogP contribution in [0.5, 0.6) is 0 Å². The van der Waals surface area contributed by atoms with Gasteiger partial charge in [-0.2, -0.15) is 4.98 Å². The van der Waals surface area contributed by atoms with Crippen LogP contribution in [0.25, 0.3) is 0 Å². The van der Waals surface area contributed by atoms with E-state index in [2.05, 4.69) is 20.4 Å². The smallest absolute Gasteiger partial charge is 0.223 e. The number of likely N-dealkylation sites (tertiary alicyclic amines) is 1. The minimum atomic E-state index is -0.419. The summed E-state index contributed by atoms with van der Waals surface area (Å²) < 4.78 is 32.3. The largest absolute Gasteiger partial charge is 0.340 e. The molecular formula is C17H22F2N4O. The van der Waals surface area contributed by atoms with Crippen LogP contribution in [0.15, 0.2) is 22.7 Å². The monoisotopic (exact) mass is 336 g/mol. The molecular weight excluding hydrogens is 314 g/mol. The molecule has 0 saturated carbocycles. The van der Waals surface area contributed by atoms with Gasteiger partial charge in [0.1, 0.15) is 11.6 Å². The van der Waals surface area contributed by atoms with E-state index in [0.717, 1.165) is 32.0 Å². The Bertz CT molecular complexity index is 691. The summed E-state index contributed by atoms with van der Waals surface area (Å²) in [4.78, 5) is 6.48. The van der Waals surface area contributed by atoms with Gasteiger partial charge in [0.05, 0.1) is 6.54 Å². The lowest BCUT2D eigenvalue weighted by molar-refractivity contribution is 0.171. The second-order valence-electron chi connectivity index (χ2n) is 6.36. The third-order valence-corrected chi connectivity index (χ3v) is 4.35. The molecule has 1 aromatic heterocycles. The molecule has 1 fully saturated rings. The topological polar surface area (TPSA) is 54.2 Å². The van der Waals surface area contributed by atoms with Gasteiger partial charge in [-0.3, -0.25) is 4.90 Å². The Balaban J connectivity index is 1.59. The molecule has 2 aromatic rings. The number of rotatable bonds is 5. The summed E-state index contributed by atoms with van der Waals surface area (Å²) in [7, 11) is 0. The zero-order valence-corrected chi connectivity index (χ0v) is 13.9. The first-order valence-corrected chi connectivity index (χ1v) is 8.24. The lowest BCUT2D eigenvalue weighted by Gasteiger charge is -2.34. The molecule has 3 rings (SSSR count). The third kappa shape index (κ3) is 4.15. The molecule has 1 saturated heterocycles. The van der Waals surface area contributed by atoms with Gasteiger partial charge >= 0.3 is 0 Å². The average molecular weight is 336 g/mol. The molecule has 0 bridgehead atoms. The minimum absolute atomic E-state index is 0.212. The van der Waals surface area contributed by atoms with Crippen molar-refractivity contribution in [3.63, 3.8) is 0 Å². The highest BCUT2D eigenvalue weighted by Crippen LogP contribution is 2.21. The Morgan fingerprint density at radius 2 is 2.25 bits per heavy atom. The molecule has 1 N–H and O–H groups in total. The molecule has 7 heteroatoms. The Labute approximate surface area is 140 Å². The van der Waals surface area contributed by atoms with E-state index in [0.29, 0.717) is 23.8 Å². The second-order valence-corrected chi connectivity index (χ2v) is 6.36. The molecule has 1 aromatic carbocycles. The lowest BCUT2D eigenvalue weighted by atomic mass is 10.0. The first kappa shape index (κ1) is 17.0. The fourth-order valence-electron chi connectivity index (χ4n) is 3.23. The Morgan fingerprint density at radius 1 is 1.42 bits per heavy atom. The summed E-state index contributed by atoms with van der Waals surface area (Å²) in [6.45, 7) is 6.05. The fourth-order valence-corrected chi connectivity index (χ4v) is 3.23. The highest BCUT2D eigenvalue weighted by atomic mass is 19.1. The lowest BCUT2D eigenvalue weighted by Crippen LogP contribution is -2.46. The zero-order valence-electron chi connectivity index (χ0n) is 13.9. The van der Waals surface area contributed by atoms with Crippen molar-refractivity contribution in [1.82, 2.24) is 20.4 Å². The van der Waals surface area contributed by atoms with Crippen molar-refractivity contribution in [3.8, 4) is 0 Å². The molecule has 2 heterocycles. The molecule has 0 radical (unpaired) electrons. The summed E-state index contributed by atoms with van der Waals surface area (Å²) in [5.41, 5.74) is 0.362. The van der Waals surface area contributed by atoms with E-state index >= 15 is 0 Å². The average Bonchev–Trinajstić information content (AvgIpc) is 2.95. The van der Waals surface area contributed by atoms with Gasteiger partial charge < -0.3 is 9.84 Å². The normalized spacial score (nSPS) is 20.2. The predicted octanol–water partition coefficient (Wildman–Crippen LogP) is 2.97. The first-order chi connectivity index (χ1) is 11.5. The van der Waals surface area contributed by atoms with E-state index in [9.17, 15) is 8.78 Å². The van der Waals surface area contributed by atoms with Gasteiger partial charge in [-0.25, -0.2) is 8.78 Å². The molecule has 130 valence electrons. The van der Waals surface area contributed by atoms with Crippen LogP contribution in [0.3, 0.4) is 0 Å². The summed E-state index contributed by atoms with van der Waals surface area (Å²) in [6.07, 6.45) is 2.04. The van der Waals surface area contributed by atoms with Crippen LogP contribution in [-0.2, 0) is 6.54 Å². The van der Waals surface area contributed by atoms with Gasteiger partial charge in [-0.15, -0.1) is 0 Å². The maximum atomic E-state index is 13.9. The number of hydrogen-bond acceptors (Lipinski definition) is 5. The second kappa shape index (κ2) is 7.36. The van der Waals surface area contributed by atoms with Crippen molar-refractivity contribution >= 4 is 0 Å². The number of aryl methyl sites for hydroxylation is 1. The molecule has 2 atom stereocenters. The standard InChI is InChI=1S/C17H22F2N4O/c1-11(15-8-13(18)5-6-16(15)19)20-14-4-3-7-23(9-14)10-17-21-12(2)24-22-17/h5-6,8,11,14,20H,3-4,7,9-10H2,1-2H3/t11-,14+/m0/s1. The summed E-state index contributed by atoms with van der Waals surface area (Å²) in [6, 6.07) is 3.54. The van der Waals surface area contributed by atoms with Crippen molar-refractivity contribution in [2.75, 3.05) is 13.1 Å². The van der Waals surface area contributed by atoms with Crippen LogP contribution >= 0.6 is 0 Å². The van der Waals surface area contributed by atoms with Gasteiger partial charge in [0.25, 0.3) is 0 Å². The van der Waals surface area contributed by atoms with Crippen LogP contribution in [0.2, 0.25) is 0 Å². The van der Waals surface area contributed by atoms with E-state index in [1.807, 2.05) is 6.92 Å². The van der Waals surface area contributed by atoms with Gasteiger partial charge in [0.2, 0.25) is 5.89 Å². The summed E-state index contributed by atoms with van der Waals surface area (Å²) in [5.74, 6) is 0.438. The Hall–Kier alpha value is -1.86. The zero-order chi connectivity index (χ0) is 17.1. The molecule has 5 nitrogen and oxygen atoms in total. The van der Waals surface area contributed by atoms with Crippen LogP contribution in [-0.4, -0.2) is 34.2 Å². The van der Waals surface area contributed by atoms with Crippen LogP contribution in [0.1, 0.15) is 43.1 Å². The van der Waals surface area contributed by atoms with Gasteiger partial charge in [0.15, 0.2) is 5.82 Å². The third-order valence-electron chi connectivity index (χ3n) is 4.35. The highest BCUT2D eigenvalue weighted by molar-refractivity contribution is 5.22. The fraction of sp³-hybridized carbons (Fsp3) is 0.529. The van der Waals surface area contributed by atoms with Crippen molar-refractivity contribution in [2.24, 2.45) is 0 Å². The molecule has 1 aliphatic rings. The van der Waals surface area contributed by atoms with Crippen LogP contribution in [0.4, 0.5) is 8.78 Å². The van der Waals surface area contributed by atoms with Crippen LogP contribution < -0.4 is 5.32 Å². The number of hydrogen-bond donors (Lipinski definition) is 1. The first-order valence-electron chi connectivity index (χ1n) is 8.24. The van der Waals surface area contributed by atoms with E-state index < -0.39 is 5.82 Å². The number of nitrogens with zero attached hydrogens (tertiary/aromatic N) is 3. The maximum Gasteiger partial charge on any atom is 0.223 e. The van der Waals surface area contributed by atoms with Gasteiger partial charge in [-0.05, 0) is 44.5 Å². The summed E-state index contributed by atoms with van der Waals surface area (Å²) in [5, 5.41) is 7.34. The number of nitrogens with one attached hydrogen (secondary N) is 1. The molecule has 0 aliphatic carbocycles. The van der Waals surface area contributed by atoms with Gasteiger partial charge in [0, 0.05) is 31.1 Å². The molecule has 0 unspecified atom stereocenters. The van der Waals surface area contributed by atoms with E-state index in [4.69, 9.17) is 4.52 Å². The molecule has 0 amide bonds. The highest BCUT2D eigenvalue weighted by Gasteiger charge is 2.23. The van der Waals surface area contributed by atoms with Crippen molar-refractivity contribution in [1.29, 1.82) is 0 Å². The summed E-state index contributed by atoms with van der Waals surface area (Å²) >= 11 is 0. The van der Waals surface area contributed by atoms with Crippen molar-refractivity contribution in [2.45, 2.75) is 45.3 Å². The maximum absolute atomic E-state index is 13.9. The van der Waals surface area contributed by atoms with Crippen LogP contribution in [0, 0.1) is 18.6 Å².